The van der Waals surface area contributed by atoms with E-state index in [1.54, 1.807) is 19.2 Å². The second-order valence-corrected chi connectivity index (χ2v) is 4.54. The number of nitrogens with one attached hydrogen (secondary N) is 1. The lowest BCUT2D eigenvalue weighted by atomic mass is 10.0. The fourth-order valence-electron chi connectivity index (χ4n) is 2.07. The quantitative estimate of drug-likeness (QED) is 0.580. The van der Waals surface area contributed by atoms with Gasteiger partial charge in [-0.05, 0) is 18.4 Å². The van der Waals surface area contributed by atoms with E-state index in [-0.39, 0.29) is 22.7 Å². The van der Waals surface area contributed by atoms with E-state index < -0.39 is 0 Å². The van der Waals surface area contributed by atoms with Gasteiger partial charge in [-0.2, -0.15) is 0 Å². The Morgan fingerprint density at radius 3 is 2.63 bits per heavy atom. The lowest BCUT2D eigenvalue weighted by molar-refractivity contribution is -0.384. The first-order valence-electron chi connectivity index (χ1n) is 6.61. The van der Waals surface area contributed by atoms with Gasteiger partial charge in [-0.1, -0.05) is 26.0 Å². The van der Waals surface area contributed by atoms with Gasteiger partial charge in [-0.25, -0.2) is 0 Å². The van der Waals surface area contributed by atoms with Crippen LogP contribution < -0.4 is 5.32 Å². The van der Waals surface area contributed by atoms with Crippen LogP contribution in [0.2, 0.25) is 0 Å². The first-order valence-corrected chi connectivity index (χ1v) is 6.61. The summed E-state index contributed by atoms with van der Waals surface area (Å²) in [4.78, 5) is 10.5. The van der Waals surface area contributed by atoms with Crippen LogP contribution in [0.5, 0.6) is 0 Å². The van der Waals surface area contributed by atoms with Gasteiger partial charge in [0.2, 0.25) is 0 Å². The largest absolute Gasteiger partial charge is 0.383 e. The third-order valence-corrected chi connectivity index (χ3v) is 3.19. The Kier molecular flexibility index (Phi) is 6.45. The van der Waals surface area contributed by atoms with Crippen LogP contribution >= 0.6 is 0 Å². The van der Waals surface area contributed by atoms with Gasteiger partial charge in [0.05, 0.1) is 11.5 Å². The third-order valence-electron chi connectivity index (χ3n) is 3.19. The molecule has 0 saturated heterocycles. The van der Waals surface area contributed by atoms with Crippen molar-refractivity contribution in [2.45, 2.75) is 38.8 Å². The molecule has 5 nitrogen and oxygen atoms in total. The van der Waals surface area contributed by atoms with Gasteiger partial charge in [-0.3, -0.25) is 10.1 Å². The monoisotopic (exact) mass is 266 g/mol. The van der Waals surface area contributed by atoms with Crippen LogP contribution in [0.3, 0.4) is 0 Å². The molecule has 0 fully saturated rings. The van der Waals surface area contributed by atoms with Crippen molar-refractivity contribution in [1.29, 1.82) is 0 Å². The fraction of sp³-hybridized carbons (Fsp3) is 0.571. The Labute approximate surface area is 114 Å². The molecule has 0 aliphatic rings. The Morgan fingerprint density at radius 1 is 1.37 bits per heavy atom. The zero-order valence-corrected chi connectivity index (χ0v) is 11.8. The van der Waals surface area contributed by atoms with Crippen molar-refractivity contribution in [2.75, 3.05) is 13.7 Å². The summed E-state index contributed by atoms with van der Waals surface area (Å²) in [7, 11) is 1.68. The van der Waals surface area contributed by atoms with Crippen molar-refractivity contribution in [3.8, 4) is 0 Å². The highest BCUT2D eigenvalue weighted by atomic mass is 16.6. The third kappa shape index (κ3) is 4.61. The number of hydrogen-bond acceptors (Lipinski definition) is 4. The molecule has 0 spiro atoms. The van der Waals surface area contributed by atoms with Crippen molar-refractivity contribution >= 4 is 5.69 Å². The molecule has 0 aliphatic heterocycles. The number of nitro groups is 1. The van der Waals surface area contributed by atoms with E-state index >= 15 is 0 Å². The van der Waals surface area contributed by atoms with Gasteiger partial charge in [0.1, 0.15) is 0 Å². The van der Waals surface area contributed by atoms with E-state index in [1.165, 1.54) is 6.07 Å². The molecule has 0 bridgehead atoms. The number of benzene rings is 1. The average Bonchev–Trinajstić information content (AvgIpc) is 2.43. The van der Waals surface area contributed by atoms with Crippen LogP contribution in [0, 0.1) is 10.1 Å². The van der Waals surface area contributed by atoms with Crippen LogP contribution in [0.15, 0.2) is 24.3 Å². The van der Waals surface area contributed by atoms with Crippen LogP contribution in [-0.2, 0) is 4.74 Å². The summed E-state index contributed by atoms with van der Waals surface area (Å²) in [6.45, 7) is 4.80. The minimum atomic E-state index is -0.358. The van der Waals surface area contributed by atoms with E-state index in [0.717, 1.165) is 18.4 Å². The highest BCUT2D eigenvalue weighted by Gasteiger charge is 2.16. The van der Waals surface area contributed by atoms with Gasteiger partial charge < -0.3 is 10.1 Å². The maximum atomic E-state index is 10.8. The zero-order chi connectivity index (χ0) is 14.3. The summed E-state index contributed by atoms with van der Waals surface area (Å²) in [5.41, 5.74) is 1.09. The number of hydrogen-bond donors (Lipinski definition) is 1. The van der Waals surface area contributed by atoms with Crippen molar-refractivity contribution in [1.82, 2.24) is 5.32 Å². The Hall–Kier alpha value is -1.46. The van der Waals surface area contributed by atoms with Gasteiger partial charge >= 0.3 is 0 Å². The first-order chi connectivity index (χ1) is 9.12. The Morgan fingerprint density at radius 2 is 2.11 bits per heavy atom. The number of nitrogens with zero attached hydrogens (tertiary/aromatic N) is 1. The molecule has 1 rings (SSSR count). The molecular formula is C14H22N2O3. The molecule has 2 unspecified atom stereocenters. The Balaban J connectivity index is 2.84. The van der Waals surface area contributed by atoms with Crippen molar-refractivity contribution in [3.63, 3.8) is 0 Å². The molecule has 0 radical (unpaired) electrons. The highest BCUT2D eigenvalue weighted by Crippen LogP contribution is 2.22. The number of rotatable bonds is 8. The number of nitro benzene ring substituents is 1. The standard InChI is InChI=1S/C14H22N2O3/c1-4-12(10-19-3)15-14(5-2)11-7-6-8-13(9-11)16(17)18/h6-9,12,14-15H,4-5,10H2,1-3H3. The SMILES string of the molecule is CCC(COC)NC(CC)c1cccc([N+](=O)[O-])c1. The summed E-state index contributed by atoms with van der Waals surface area (Å²) < 4.78 is 5.17. The van der Waals surface area contributed by atoms with Crippen molar-refractivity contribution in [2.24, 2.45) is 0 Å². The molecule has 19 heavy (non-hydrogen) atoms. The van der Waals surface area contributed by atoms with Gasteiger partial charge in [0, 0.05) is 31.3 Å². The second kappa shape index (κ2) is 7.86. The van der Waals surface area contributed by atoms with Crippen LogP contribution in [-0.4, -0.2) is 24.7 Å². The first kappa shape index (κ1) is 15.6. The Bertz CT molecular complexity index is 409. The summed E-state index contributed by atoms with van der Waals surface area (Å²) in [6, 6.07) is 7.18. The molecule has 0 amide bonds. The number of ether oxygens (including phenoxy) is 1. The molecule has 2 atom stereocenters. The highest BCUT2D eigenvalue weighted by molar-refractivity contribution is 5.35. The predicted molar refractivity (Wildman–Crippen MR) is 75.2 cm³/mol. The summed E-state index contributed by atoms with van der Waals surface area (Å²) in [5.74, 6) is 0. The van der Waals surface area contributed by atoms with Crippen molar-refractivity contribution < 1.29 is 9.66 Å². The van der Waals surface area contributed by atoms with Gasteiger partial charge in [0.15, 0.2) is 0 Å². The maximum absolute atomic E-state index is 10.8. The lowest BCUT2D eigenvalue weighted by Crippen LogP contribution is -2.35. The molecule has 0 saturated carbocycles. The molecule has 1 N–H and O–H groups in total. The van der Waals surface area contributed by atoms with E-state index in [4.69, 9.17) is 4.74 Å². The molecule has 5 heteroatoms. The average molecular weight is 266 g/mol. The molecule has 0 aliphatic carbocycles. The maximum Gasteiger partial charge on any atom is 0.269 e. The summed E-state index contributed by atoms with van der Waals surface area (Å²) >= 11 is 0. The topological polar surface area (TPSA) is 64.4 Å². The van der Waals surface area contributed by atoms with E-state index in [2.05, 4.69) is 19.2 Å². The predicted octanol–water partition coefficient (Wildman–Crippen LogP) is 3.06. The smallest absolute Gasteiger partial charge is 0.269 e. The van der Waals surface area contributed by atoms with E-state index in [1.807, 2.05) is 6.07 Å². The minimum Gasteiger partial charge on any atom is -0.383 e. The summed E-state index contributed by atoms with van der Waals surface area (Å²) in [6.07, 6.45) is 1.83. The van der Waals surface area contributed by atoms with E-state index in [0.29, 0.717) is 6.61 Å². The number of methoxy groups -OCH3 is 1. The van der Waals surface area contributed by atoms with Crippen LogP contribution in [0.4, 0.5) is 5.69 Å². The van der Waals surface area contributed by atoms with E-state index in [9.17, 15) is 10.1 Å². The van der Waals surface area contributed by atoms with Gasteiger partial charge in [-0.15, -0.1) is 0 Å². The molecule has 1 aromatic carbocycles. The molecule has 1 aromatic rings. The minimum absolute atomic E-state index is 0.111. The molecule has 0 aromatic heterocycles. The molecule has 106 valence electrons. The van der Waals surface area contributed by atoms with Gasteiger partial charge in [0.25, 0.3) is 5.69 Å². The summed E-state index contributed by atoms with van der Waals surface area (Å²) in [5, 5.41) is 14.3. The van der Waals surface area contributed by atoms with Crippen LogP contribution in [0.25, 0.3) is 0 Å². The molecule has 0 heterocycles. The second-order valence-electron chi connectivity index (χ2n) is 4.54. The zero-order valence-electron chi connectivity index (χ0n) is 11.8. The lowest BCUT2D eigenvalue weighted by Gasteiger charge is -2.24. The number of non-ortho nitro benzene ring substituents is 1. The normalized spacial score (nSPS) is 14.1. The van der Waals surface area contributed by atoms with Crippen LogP contribution in [0.1, 0.15) is 38.3 Å². The fourth-order valence-corrected chi connectivity index (χ4v) is 2.07. The molecular weight excluding hydrogens is 244 g/mol. The van der Waals surface area contributed by atoms with Crippen molar-refractivity contribution in [3.05, 3.63) is 39.9 Å².